The summed E-state index contributed by atoms with van der Waals surface area (Å²) in [5.41, 5.74) is 0. The van der Waals surface area contributed by atoms with E-state index in [1.54, 1.807) is 0 Å². The fourth-order valence-corrected chi connectivity index (χ4v) is 1.74. The van der Waals surface area contributed by atoms with E-state index in [2.05, 4.69) is 10.6 Å². The number of piperazine rings is 1. The molecule has 1 heterocycles. The predicted octanol–water partition coefficient (Wildman–Crippen LogP) is -0.619. The maximum atomic E-state index is 11.7. The summed E-state index contributed by atoms with van der Waals surface area (Å²) in [5, 5.41) is 13.6. The molecule has 1 aliphatic heterocycles. The summed E-state index contributed by atoms with van der Waals surface area (Å²) in [6.45, 7) is 2.78. The highest BCUT2D eigenvalue weighted by molar-refractivity contribution is 5.88. The van der Waals surface area contributed by atoms with E-state index in [0.717, 1.165) is 0 Å². The average Bonchev–Trinajstić information content (AvgIpc) is 2.28. The van der Waals surface area contributed by atoms with Crippen molar-refractivity contribution in [3.63, 3.8) is 0 Å². The van der Waals surface area contributed by atoms with Crippen LogP contribution in [0.15, 0.2) is 0 Å². The zero-order valence-corrected chi connectivity index (χ0v) is 9.73. The lowest BCUT2D eigenvalue weighted by Gasteiger charge is -2.34. The van der Waals surface area contributed by atoms with Gasteiger partial charge >= 0.3 is 12.0 Å². The van der Waals surface area contributed by atoms with E-state index >= 15 is 0 Å². The van der Waals surface area contributed by atoms with Crippen LogP contribution in [0.3, 0.4) is 0 Å². The minimum Gasteiger partial charge on any atom is -0.481 e. The first-order valence-electron chi connectivity index (χ1n) is 5.60. The van der Waals surface area contributed by atoms with Crippen LogP contribution >= 0.6 is 0 Å². The Bertz CT molecular complexity index is 319. The molecule has 0 saturated carbocycles. The Labute approximate surface area is 99.2 Å². The maximum Gasteiger partial charge on any atom is 0.318 e. The molecule has 0 aromatic rings. The normalized spacial score (nSPS) is 19.7. The van der Waals surface area contributed by atoms with Gasteiger partial charge in [0.15, 0.2) is 0 Å². The summed E-state index contributed by atoms with van der Waals surface area (Å²) in [5.74, 6) is -1.12. The molecule has 0 spiro atoms. The van der Waals surface area contributed by atoms with Crippen molar-refractivity contribution in [1.82, 2.24) is 15.5 Å². The van der Waals surface area contributed by atoms with Crippen LogP contribution in [0.5, 0.6) is 0 Å². The van der Waals surface area contributed by atoms with E-state index in [9.17, 15) is 14.4 Å². The van der Waals surface area contributed by atoms with E-state index in [0.29, 0.717) is 19.5 Å². The number of carbonyl (C=O) groups excluding carboxylic acids is 2. The van der Waals surface area contributed by atoms with Crippen LogP contribution in [0.2, 0.25) is 0 Å². The summed E-state index contributed by atoms with van der Waals surface area (Å²) >= 11 is 0. The Morgan fingerprint density at radius 2 is 2.29 bits per heavy atom. The monoisotopic (exact) mass is 243 g/mol. The van der Waals surface area contributed by atoms with Crippen LogP contribution in [0.1, 0.15) is 19.8 Å². The van der Waals surface area contributed by atoms with Gasteiger partial charge in [0.25, 0.3) is 0 Å². The van der Waals surface area contributed by atoms with Crippen LogP contribution in [0, 0.1) is 0 Å². The standard InChI is InChI=1S/C10H17N3O4/c1-2-7-9(16)11-5-6-13(7)10(17)12-4-3-8(14)15/h7H,2-6H2,1H3,(H,11,16)(H,12,17)(H,14,15). The molecule has 0 aromatic heterocycles. The van der Waals surface area contributed by atoms with Gasteiger partial charge in [-0.3, -0.25) is 9.59 Å². The van der Waals surface area contributed by atoms with Gasteiger partial charge in [0.05, 0.1) is 6.42 Å². The lowest BCUT2D eigenvalue weighted by Crippen LogP contribution is -2.59. The van der Waals surface area contributed by atoms with Gasteiger partial charge < -0.3 is 20.6 Å². The Kier molecular flexibility index (Phi) is 4.74. The predicted molar refractivity (Wildman–Crippen MR) is 59.4 cm³/mol. The number of amides is 3. The number of urea groups is 1. The molecule has 1 rings (SSSR count). The summed E-state index contributed by atoms with van der Waals surface area (Å²) in [6, 6.07) is -0.846. The molecule has 3 N–H and O–H groups in total. The van der Waals surface area contributed by atoms with Gasteiger partial charge in [0.2, 0.25) is 5.91 Å². The van der Waals surface area contributed by atoms with Crippen molar-refractivity contribution in [3.8, 4) is 0 Å². The minimum atomic E-state index is -0.964. The molecule has 0 radical (unpaired) electrons. The Hall–Kier alpha value is -1.79. The number of aliphatic carboxylic acids is 1. The number of carboxylic acid groups (broad SMARTS) is 1. The first-order chi connectivity index (χ1) is 8.06. The summed E-state index contributed by atoms with van der Waals surface area (Å²) in [4.78, 5) is 35.0. The van der Waals surface area contributed by atoms with E-state index in [1.165, 1.54) is 4.90 Å². The molecule has 1 aliphatic rings. The van der Waals surface area contributed by atoms with Crippen molar-refractivity contribution in [2.24, 2.45) is 0 Å². The second-order valence-corrected chi connectivity index (χ2v) is 3.78. The van der Waals surface area contributed by atoms with Crippen molar-refractivity contribution in [1.29, 1.82) is 0 Å². The van der Waals surface area contributed by atoms with E-state index in [1.807, 2.05) is 6.92 Å². The van der Waals surface area contributed by atoms with Crippen molar-refractivity contribution in [2.45, 2.75) is 25.8 Å². The highest BCUT2D eigenvalue weighted by Gasteiger charge is 2.31. The molecule has 0 aliphatic carbocycles. The Morgan fingerprint density at radius 3 is 2.88 bits per heavy atom. The SMILES string of the molecule is CCC1C(=O)NCCN1C(=O)NCCC(=O)O. The molecule has 17 heavy (non-hydrogen) atoms. The van der Waals surface area contributed by atoms with Crippen molar-refractivity contribution in [2.75, 3.05) is 19.6 Å². The molecule has 0 aromatic carbocycles. The third kappa shape index (κ3) is 3.61. The van der Waals surface area contributed by atoms with Crippen LogP contribution in [0.25, 0.3) is 0 Å². The fraction of sp³-hybridized carbons (Fsp3) is 0.700. The third-order valence-electron chi connectivity index (χ3n) is 2.59. The number of rotatable bonds is 4. The fourth-order valence-electron chi connectivity index (χ4n) is 1.74. The largest absolute Gasteiger partial charge is 0.481 e. The zero-order chi connectivity index (χ0) is 12.8. The molecule has 1 unspecified atom stereocenters. The van der Waals surface area contributed by atoms with Gasteiger partial charge in [0.1, 0.15) is 6.04 Å². The van der Waals surface area contributed by atoms with Gasteiger partial charge in [-0.15, -0.1) is 0 Å². The van der Waals surface area contributed by atoms with Gasteiger partial charge in [-0.2, -0.15) is 0 Å². The number of hydrogen-bond donors (Lipinski definition) is 3. The highest BCUT2D eigenvalue weighted by atomic mass is 16.4. The van der Waals surface area contributed by atoms with Crippen LogP contribution in [-0.2, 0) is 9.59 Å². The molecule has 3 amide bonds. The van der Waals surface area contributed by atoms with Gasteiger partial charge in [0, 0.05) is 19.6 Å². The number of nitrogens with one attached hydrogen (secondary N) is 2. The summed E-state index contributed by atoms with van der Waals surface area (Å²) < 4.78 is 0. The van der Waals surface area contributed by atoms with Gasteiger partial charge in [-0.05, 0) is 6.42 Å². The Morgan fingerprint density at radius 1 is 1.59 bits per heavy atom. The van der Waals surface area contributed by atoms with Gasteiger partial charge in [-0.1, -0.05) is 6.92 Å². The smallest absolute Gasteiger partial charge is 0.318 e. The summed E-state index contributed by atoms with van der Waals surface area (Å²) in [7, 11) is 0. The van der Waals surface area contributed by atoms with E-state index < -0.39 is 12.0 Å². The lowest BCUT2D eigenvalue weighted by atomic mass is 10.1. The maximum absolute atomic E-state index is 11.7. The minimum absolute atomic E-state index is 0.0721. The first-order valence-corrected chi connectivity index (χ1v) is 5.60. The quantitative estimate of drug-likeness (QED) is 0.613. The Balaban J connectivity index is 2.48. The van der Waals surface area contributed by atoms with Gasteiger partial charge in [-0.25, -0.2) is 4.79 Å². The average molecular weight is 243 g/mol. The number of carboxylic acids is 1. The lowest BCUT2D eigenvalue weighted by molar-refractivity contribution is -0.137. The second-order valence-electron chi connectivity index (χ2n) is 3.78. The zero-order valence-electron chi connectivity index (χ0n) is 9.73. The topological polar surface area (TPSA) is 98.7 Å². The molecule has 96 valence electrons. The molecule has 7 heteroatoms. The van der Waals surface area contributed by atoms with Crippen LogP contribution < -0.4 is 10.6 Å². The van der Waals surface area contributed by atoms with Crippen LogP contribution in [-0.4, -0.2) is 53.6 Å². The highest BCUT2D eigenvalue weighted by Crippen LogP contribution is 2.08. The molecule has 7 nitrogen and oxygen atoms in total. The van der Waals surface area contributed by atoms with Crippen molar-refractivity contribution in [3.05, 3.63) is 0 Å². The molecular weight excluding hydrogens is 226 g/mol. The first kappa shape index (κ1) is 13.3. The summed E-state index contributed by atoms with van der Waals surface area (Å²) in [6.07, 6.45) is 0.417. The van der Waals surface area contributed by atoms with E-state index in [4.69, 9.17) is 5.11 Å². The second kappa shape index (κ2) is 6.07. The third-order valence-corrected chi connectivity index (χ3v) is 2.59. The number of hydrogen-bond acceptors (Lipinski definition) is 3. The van der Waals surface area contributed by atoms with Crippen molar-refractivity contribution < 1.29 is 19.5 Å². The molecule has 0 bridgehead atoms. The number of nitrogens with zero attached hydrogens (tertiary/aromatic N) is 1. The van der Waals surface area contributed by atoms with E-state index in [-0.39, 0.29) is 24.9 Å². The molecule has 1 saturated heterocycles. The molecule has 1 fully saturated rings. The van der Waals surface area contributed by atoms with Crippen molar-refractivity contribution >= 4 is 17.9 Å². The van der Waals surface area contributed by atoms with Crippen LogP contribution in [0.4, 0.5) is 4.79 Å². The number of carbonyl (C=O) groups is 3. The molecular formula is C10H17N3O4. The molecule has 1 atom stereocenters.